The molecule has 3 aromatic heterocycles. The zero-order chi connectivity index (χ0) is 27.1. The van der Waals surface area contributed by atoms with E-state index in [0.29, 0.717) is 11.8 Å². The van der Waals surface area contributed by atoms with Gasteiger partial charge in [0.15, 0.2) is 5.65 Å². The molecule has 1 aliphatic rings. The third-order valence-electron chi connectivity index (χ3n) is 8.16. The fourth-order valence-electron chi connectivity index (χ4n) is 6.18. The van der Waals surface area contributed by atoms with E-state index >= 15 is 0 Å². The van der Waals surface area contributed by atoms with Gasteiger partial charge in [-0.1, -0.05) is 19.9 Å². The number of rotatable bonds is 7. The molecule has 0 aliphatic carbocycles. The van der Waals surface area contributed by atoms with E-state index < -0.39 is 0 Å². The van der Waals surface area contributed by atoms with Crippen molar-refractivity contribution >= 4 is 16.6 Å². The molecule has 0 radical (unpaired) electrons. The van der Waals surface area contributed by atoms with Crippen LogP contribution in [0, 0.1) is 6.92 Å². The van der Waals surface area contributed by atoms with Gasteiger partial charge in [-0.2, -0.15) is 5.10 Å². The zero-order valence-corrected chi connectivity index (χ0v) is 23.5. The molecule has 0 saturated carbocycles. The normalized spacial score (nSPS) is 15.0. The van der Waals surface area contributed by atoms with E-state index in [1.54, 1.807) is 20.5 Å². The maximum absolute atomic E-state index is 5.47. The standard InChI is InChI=1S/C32H37N5O2/c1-20(2)30-28-15-24(6-7-29(28)35-31(30)25-12-21(3)32-33-19-34-37(32)18-25)23-8-10-36(11-9-23)17-22-13-26(38-4)16-27(14-22)39-5/h6-7,12-16,18-20,23,35H,8-11,17H2,1-5H3. The van der Waals surface area contributed by atoms with Crippen LogP contribution < -0.4 is 9.47 Å². The van der Waals surface area contributed by atoms with E-state index in [2.05, 4.69) is 83.3 Å². The number of aromatic amines is 1. The van der Waals surface area contributed by atoms with Crippen LogP contribution in [0.15, 0.2) is 55.0 Å². The van der Waals surface area contributed by atoms with Crippen LogP contribution in [-0.2, 0) is 6.54 Å². The lowest BCUT2D eigenvalue weighted by Crippen LogP contribution is -2.32. The lowest BCUT2D eigenvalue weighted by molar-refractivity contribution is 0.204. The Balaban J connectivity index is 1.24. The van der Waals surface area contributed by atoms with Gasteiger partial charge in [-0.05, 0) is 97.3 Å². The summed E-state index contributed by atoms with van der Waals surface area (Å²) in [5, 5.41) is 5.73. The topological polar surface area (TPSA) is 67.7 Å². The molecule has 1 aliphatic heterocycles. The summed E-state index contributed by atoms with van der Waals surface area (Å²) < 4.78 is 12.8. The zero-order valence-electron chi connectivity index (χ0n) is 23.5. The fourth-order valence-corrected chi connectivity index (χ4v) is 6.18. The number of piperidine rings is 1. The molecule has 4 heterocycles. The van der Waals surface area contributed by atoms with Gasteiger partial charge in [0.1, 0.15) is 17.8 Å². The monoisotopic (exact) mass is 523 g/mol. The van der Waals surface area contributed by atoms with Crippen LogP contribution in [0.2, 0.25) is 0 Å². The number of ether oxygens (including phenoxy) is 2. The fraction of sp³-hybridized carbons (Fsp3) is 0.375. The van der Waals surface area contributed by atoms with Crippen molar-refractivity contribution in [3.63, 3.8) is 0 Å². The van der Waals surface area contributed by atoms with Crippen molar-refractivity contribution in [2.45, 2.75) is 52.0 Å². The van der Waals surface area contributed by atoms with Crippen LogP contribution in [0.3, 0.4) is 0 Å². The number of aromatic nitrogens is 4. The Hall–Kier alpha value is -3.84. The lowest BCUT2D eigenvalue weighted by Gasteiger charge is -2.32. The number of aryl methyl sites for hydroxylation is 1. The average molecular weight is 524 g/mol. The molecule has 2 aromatic carbocycles. The van der Waals surface area contributed by atoms with Gasteiger partial charge in [-0.15, -0.1) is 0 Å². The molecule has 39 heavy (non-hydrogen) atoms. The molecule has 7 heteroatoms. The molecule has 7 nitrogen and oxygen atoms in total. The van der Waals surface area contributed by atoms with E-state index in [1.165, 1.54) is 33.3 Å². The van der Waals surface area contributed by atoms with Gasteiger partial charge >= 0.3 is 0 Å². The molecule has 0 bridgehead atoms. The highest BCUT2D eigenvalue weighted by Crippen LogP contribution is 2.39. The van der Waals surface area contributed by atoms with Crippen molar-refractivity contribution in [1.82, 2.24) is 24.5 Å². The second-order valence-corrected chi connectivity index (χ2v) is 11.1. The maximum atomic E-state index is 5.47. The predicted octanol–water partition coefficient (Wildman–Crippen LogP) is 6.71. The number of methoxy groups -OCH3 is 2. The van der Waals surface area contributed by atoms with Crippen LogP contribution in [0.5, 0.6) is 11.5 Å². The number of likely N-dealkylation sites (tertiary alicyclic amines) is 1. The Kier molecular flexibility index (Phi) is 6.77. The first-order valence-electron chi connectivity index (χ1n) is 13.8. The molecule has 0 spiro atoms. The van der Waals surface area contributed by atoms with E-state index in [-0.39, 0.29) is 0 Å². The van der Waals surface area contributed by atoms with Gasteiger partial charge in [0.25, 0.3) is 0 Å². The first-order valence-corrected chi connectivity index (χ1v) is 13.8. The van der Waals surface area contributed by atoms with E-state index in [9.17, 15) is 0 Å². The molecule has 1 fully saturated rings. The minimum atomic E-state index is 0.387. The van der Waals surface area contributed by atoms with Crippen molar-refractivity contribution in [3.05, 3.63) is 77.2 Å². The molecular weight excluding hydrogens is 486 g/mol. The first-order chi connectivity index (χ1) is 18.9. The molecule has 1 N–H and O–H groups in total. The van der Waals surface area contributed by atoms with Crippen LogP contribution in [-0.4, -0.2) is 51.8 Å². The highest BCUT2D eigenvalue weighted by molar-refractivity contribution is 5.92. The van der Waals surface area contributed by atoms with Gasteiger partial charge in [-0.3, -0.25) is 4.90 Å². The number of H-pyrrole nitrogens is 1. The van der Waals surface area contributed by atoms with Gasteiger partial charge in [0.2, 0.25) is 0 Å². The number of hydrogen-bond acceptors (Lipinski definition) is 5. The Bertz CT molecular complexity index is 1600. The molecule has 0 amide bonds. The number of hydrogen-bond donors (Lipinski definition) is 1. The SMILES string of the molecule is COc1cc(CN2CCC(c3ccc4[nH]c(-c5cc(C)c6ncnn6c5)c(C(C)C)c4c3)CC2)cc(OC)c1. The summed E-state index contributed by atoms with van der Waals surface area (Å²) in [4.78, 5) is 10.7. The summed E-state index contributed by atoms with van der Waals surface area (Å²) in [5.74, 6) is 2.64. The minimum Gasteiger partial charge on any atom is -0.497 e. The first kappa shape index (κ1) is 25.4. The molecule has 5 aromatic rings. The van der Waals surface area contributed by atoms with Gasteiger partial charge in [-0.25, -0.2) is 9.50 Å². The summed E-state index contributed by atoms with van der Waals surface area (Å²) in [7, 11) is 3.41. The second-order valence-electron chi connectivity index (χ2n) is 11.1. The van der Waals surface area contributed by atoms with E-state index in [1.807, 2.05) is 10.6 Å². The summed E-state index contributed by atoms with van der Waals surface area (Å²) >= 11 is 0. The van der Waals surface area contributed by atoms with Crippen LogP contribution >= 0.6 is 0 Å². The molecule has 0 unspecified atom stereocenters. The quantitative estimate of drug-likeness (QED) is 0.257. The summed E-state index contributed by atoms with van der Waals surface area (Å²) in [6.45, 7) is 9.73. The van der Waals surface area contributed by atoms with Crippen LogP contribution in [0.1, 0.15) is 60.8 Å². The highest BCUT2D eigenvalue weighted by atomic mass is 16.5. The predicted molar refractivity (Wildman–Crippen MR) is 156 cm³/mol. The third-order valence-corrected chi connectivity index (χ3v) is 8.16. The molecule has 202 valence electrons. The Morgan fingerprint density at radius 1 is 1.00 bits per heavy atom. The van der Waals surface area contributed by atoms with Crippen molar-refractivity contribution < 1.29 is 9.47 Å². The Morgan fingerprint density at radius 2 is 1.74 bits per heavy atom. The molecular formula is C32H37N5O2. The van der Waals surface area contributed by atoms with Crippen LogP contribution in [0.4, 0.5) is 0 Å². The van der Waals surface area contributed by atoms with E-state index in [0.717, 1.165) is 60.7 Å². The average Bonchev–Trinajstić information content (AvgIpc) is 3.58. The summed E-state index contributed by atoms with van der Waals surface area (Å²) in [6.07, 6.45) is 6.01. The molecule has 6 rings (SSSR count). The maximum Gasteiger partial charge on any atom is 0.158 e. The van der Waals surface area contributed by atoms with Gasteiger partial charge < -0.3 is 14.5 Å². The largest absolute Gasteiger partial charge is 0.497 e. The lowest BCUT2D eigenvalue weighted by atomic mass is 9.87. The number of fused-ring (bicyclic) bond motifs is 2. The van der Waals surface area contributed by atoms with Crippen molar-refractivity contribution in [3.8, 4) is 22.8 Å². The number of benzene rings is 2. The molecule has 1 saturated heterocycles. The highest BCUT2D eigenvalue weighted by Gasteiger charge is 2.23. The molecule has 0 atom stereocenters. The van der Waals surface area contributed by atoms with Gasteiger partial charge in [0.05, 0.1) is 19.9 Å². The van der Waals surface area contributed by atoms with Crippen molar-refractivity contribution in [2.75, 3.05) is 27.3 Å². The van der Waals surface area contributed by atoms with Crippen LogP contribution in [0.25, 0.3) is 27.8 Å². The Morgan fingerprint density at radius 3 is 2.44 bits per heavy atom. The van der Waals surface area contributed by atoms with Gasteiger partial charge in [0, 0.05) is 35.3 Å². The number of nitrogens with one attached hydrogen (secondary N) is 1. The second kappa shape index (κ2) is 10.4. The van der Waals surface area contributed by atoms with E-state index in [4.69, 9.17) is 9.47 Å². The number of nitrogens with zero attached hydrogens (tertiary/aromatic N) is 4. The minimum absolute atomic E-state index is 0.387. The third kappa shape index (κ3) is 4.87. The smallest absolute Gasteiger partial charge is 0.158 e. The van der Waals surface area contributed by atoms with Crippen molar-refractivity contribution in [2.24, 2.45) is 0 Å². The Labute approximate surface area is 229 Å². The number of pyridine rings is 1. The summed E-state index contributed by atoms with van der Waals surface area (Å²) in [6, 6.07) is 15.4. The summed E-state index contributed by atoms with van der Waals surface area (Å²) in [5.41, 5.74) is 9.59. The van der Waals surface area contributed by atoms with Crippen molar-refractivity contribution in [1.29, 1.82) is 0 Å².